The summed E-state index contributed by atoms with van der Waals surface area (Å²) in [5.41, 5.74) is 10.2. The molecule has 4 heteroatoms. The van der Waals surface area contributed by atoms with Crippen LogP contribution in [-0.4, -0.2) is 11.9 Å². The maximum absolute atomic E-state index is 4.89. The first kappa shape index (κ1) is 35.2. The van der Waals surface area contributed by atoms with Crippen LogP contribution in [0.1, 0.15) is 70.4 Å². The summed E-state index contributed by atoms with van der Waals surface area (Å²) in [5.74, 6) is 0. The van der Waals surface area contributed by atoms with Crippen molar-refractivity contribution < 1.29 is 14.6 Å². The zero-order valence-electron chi connectivity index (χ0n) is 25.6. The minimum absolute atomic E-state index is 0.896. The molecule has 0 spiro atoms. The Balaban J connectivity index is 0.00000148. The van der Waals surface area contributed by atoms with Crippen molar-refractivity contribution in [3.63, 3.8) is 0 Å². The van der Waals surface area contributed by atoms with Crippen molar-refractivity contribution in [1.82, 2.24) is 0 Å². The predicted molar refractivity (Wildman–Crippen MR) is 183 cm³/mol. The van der Waals surface area contributed by atoms with Crippen molar-refractivity contribution in [3.8, 4) is 22.3 Å². The molecular weight excluding hydrogens is 579 g/mol. The van der Waals surface area contributed by atoms with Gasteiger partial charge < -0.3 is 6.92 Å². The molecule has 0 fully saturated rings. The SMILES string of the molecule is CCCCCCCCc1cc(C)cc(N=C(C)C=Nc2cc(-c3ccccc3)cc(-c3ccccc3)c2)c1.[CH2-]C.[Cl][Ni]. The van der Waals surface area contributed by atoms with E-state index in [1.807, 2.05) is 25.3 Å². The quantitative estimate of drug-likeness (QED) is 0.0649. The number of rotatable bonds is 12. The van der Waals surface area contributed by atoms with Gasteiger partial charge in [-0.05, 0) is 90.4 Å². The summed E-state index contributed by atoms with van der Waals surface area (Å²) in [4.78, 5) is 9.74. The van der Waals surface area contributed by atoms with Crippen LogP contribution in [0, 0.1) is 13.8 Å². The monoisotopic (exact) mass is 622 g/mol. The van der Waals surface area contributed by atoms with E-state index in [0.717, 1.165) is 34.6 Å². The van der Waals surface area contributed by atoms with Gasteiger partial charge in [0.05, 0.1) is 17.1 Å². The molecule has 2 nitrogen and oxygen atoms in total. The van der Waals surface area contributed by atoms with E-state index in [1.165, 1.54) is 60.8 Å². The van der Waals surface area contributed by atoms with Crippen molar-refractivity contribution in [2.75, 3.05) is 0 Å². The molecule has 0 aliphatic rings. The Labute approximate surface area is 267 Å². The van der Waals surface area contributed by atoms with Gasteiger partial charge in [0.25, 0.3) is 0 Å². The van der Waals surface area contributed by atoms with E-state index in [9.17, 15) is 0 Å². The molecule has 225 valence electrons. The van der Waals surface area contributed by atoms with Gasteiger partial charge in [-0.1, -0.05) is 106 Å². The van der Waals surface area contributed by atoms with Crippen molar-refractivity contribution >= 4 is 33.5 Å². The zero-order valence-corrected chi connectivity index (χ0v) is 27.3. The fourth-order valence-corrected chi connectivity index (χ4v) is 4.84. The van der Waals surface area contributed by atoms with Gasteiger partial charge in [0.1, 0.15) is 0 Å². The number of aliphatic imine (C=N–C) groups is 2. The van der Waals surface area contributed by atoms with E-state index in [4.69, 9.17) is 9.98 Å². The van der Waals surface area contributed by atoms with Gasteiger partial charge in [-0.25, -0.2) is 0 Å². The molecular formula is C38H45ClN2Ni-. The number of nitrogens with zero attached hydrogens (tertiary/aromatic N) is 2. The second-order valence-corrected chi connectivity index (χ2v) is 10.2. The third-order valence-corrected chi connectivity index (χ3v) is 6.78. The Morgan fingerprint density at radius 2 is 1.24 bits per heavy atom. The molecule has 0 aliphatic carbocycles. The van der Waals surface area contributed by atoms with Crippen molar-refractivity contribution in [1.29, 1.82) is 0 Å². The van der Waals surface area contributed by atoms with Gasteiger partial charge in [0.2, 0.25) is 0 Å². The average Bonchev–Trinajstić information content (AvgIpc) is 3.04. The average molecular weight is 624 g/mol. The topological polar surface area (TPSA) is 24.7 Å². The molecule has 0 saturated heterocycles. The fourth-order valence-electron chi connectivity index (χ4n) is 4.84. The number of hydrogen-bond donors (Lipinski definition) is 0. The van der Waals surface area contributed by atoms with E-state index in [-0.39, 0.29) is 0 Å². The molecule has 0 aliphatic heterocycles. The minimum atomic E-state index is 0.896. The van der Waals surface area contributed by atoms with E-state index < -0.39 is 0 Å². The Morgan fingerprint density at radius 1 is 0.690 bits per heavy atom. The van der Waals surface area contributed by atoms with Gasteiger partial charge in [-0.3, -0.25) is 9.98 Å². The summed E-state index contributed by atoms with van der Waals surface area (Å²) < 4.78 is 0. The van der Waals surface area contributed by atoms with Crippen molar-refractivity contribution in [3.05, 3.63) is 115 Å². The molecule has 0 amide bonds. The van der Waals surface area contributed by atoms with Crippen molar-refractivity contribution in [2.24, 2.45) is 9.98 Å². The molecule has 0 saturated carbocycles. The first-order valence-electron chi connectivity index (χ1n) is 14.9. The van der Waals surface area contributed by atoms with E-state index in [1.54, 1.807) is 6.92 Å². The molecule has 0 atom stereocenters. The molecule has 0 aromatic heterocycles. The maximum atomic E-state index is 4.89. The third-order valence-electron chi connectivity index (χ3n) is 6.78. The Morgan fingerprint density at radius 3 is 1.81 bits per heavy atom. The van der Waals surface area contributed by atoms with Crippen LogP contribution in [-0.2, 0) is 21.0 Å². The zero-order chi connectivity index (χ0) is 30.6. The van der Waals surface area contributed by atoms with Gasteiger partial charge >= 0.3 is 24.8 Å². The molecule has 0 heterocycles. The first-order valence-corrected chi connectivity index (χ1v) is 16.2. The number of benzene rings is 4. The molecule has 0 radical (unpaired) electrons. The Hall–Kier alpha value is -3.00. The first-order chi connectivity index (χ1) is 20.6. The number of unbranched alkanes of at least 4 members (excludes halogenated alkanes) is 5. The van der Waals surface area contributed by atoms with Crippen LogP contribution in [0.5, 0.6) is 0 Å². The summed E-state index contributed by atoms with van der Waals surface area (Å²) in [6.07, 6.45) is 10.9. The Bertz CT molecular complexity index is 1310. The Kier molecular flexibility index (Phi) is 17.4. The summed E-state index contributed by atoms with van der Waals surface area (Å²) >= 11 is 3.35. The molecule has 42 heavy (non-hydrogen) atoms. The molecule has 4 rings (SSSR count). The molecule has 0 N–H and O–H groups in total. The van der Waals surface area contributed by atoms with Crippen LogP contribution < -0.4 is 0 Å². The second kappa shape index (κ2) is 20.8. The van der Waals surface area contributed by atoms with Crippen LogP contribution in [0.4, 0.5) is 11.4 Å². The normalized spacial score (nSPS) is 11.0. The van der Waals surface area contributed by atoms with Crippen LogP contribution >= 0.6 is 10.2 Å². The van der Waals surface area contributed by atoms with E-state index >= 15 is 0 Å². The van der Waals surface area contributed by atoms with Crippen LogP contribution in [0.15, 0.2) is 107 Å². The standard InChI is InChI=1S/C36H40N2.C2H5.ClH.Ni/c1-4-5-6-7-8-11-16-30-21-28(2)22-36(23-30)38-29(3)27-37-35-25-33(31-17-12-9-13-18-31)24-34(26-35)32-19-14-10-15-20-32;1-2;;/h9-10,12-15,17-27H,4-8,11,16H2,1-3H3;1H2,2H3;1H;/q;-1;;+1/p-1. The third kappa shape index (κ3) is 12.5. The number of aryl methyl sites for hydroxylation is 2. The summed E-state index contributed by atoms with van der Waals surface area (Å²) in [6, 6.07) is 34.2. The van der Waals surface area contributed by atoms with Crippen LogP contribution in [0.25, 0.3) is 22.3 Å². The van der Waals surface area contributed by atoms with Gasteiger partial charge in [-0.15, -0.1) is 0 Å². The molecule has 0 bridgehead atoms. The van der Waals surface area contributed by atoms with Gasteiger partial charge in [-0.2, -0.15) is 6.92 Å². The van der Waals surface area contributed by atoms with Crippen molar-refractivity contribution in [2.45, 2.75) is 72.6 Å². The summed E-state index contributed by atoms with van der Waals surface area (Å²) in [6.45, 7) is 11.5. The van der Waals surface area contributed by atoms with Crippen LogP contribution in [0.3, 0.4) is 0 Å². The van der Waals surface area contributed by atoms with E-state index in [2.05, 4.69) is 130 Å². The summed E-state index contributed by atoms with van der Waals surface area (Å²) in [5, 5.41) is 0. The summed E-state index contributed by atoms with van der Waals surface area (Å²) in [7, 11) is 4.26. The van der Waals surface area contributed by atoms with Gasteiger partial charge in [0, 0.05) is 6.21 Å². The number of hydrogen-bond acceptors (Lipinski definition) is 2. The predicted octanol–water partition coefficient (Wildman–Crippen LogP) is 12.3. The molecule has 0 unspecified atom stereocenters. The second-order valence-electron chi connectivity index (χ2n) is 10.2. The fraction of sp³-hybridized carbons (Fsp3) is 0.289. The van der Waals surface area contributed by atoms with Gasteiger partial charge in [0.15, 0.2) is 0 Å². The molecule has 4 aromatic rings. The van der Waals surface area contributed by atoms with E-state index in [0.29, 0.717) is 0 Å². The molecule has 4 aromatic carbocycles. The number of halogens is 1. The van der Waals surface area contributed by atoms with Crippen LogP contribution in [0.2, 0.25) is 0 Å².